The molecule has 0 bridgehead atoms. The zero-order valence-electron chi connectivity index (χ0n) is 13.3. The molecule has 8 nitrogen and oxygen atoms in total. The van der Waals surface area contributed by atoms with Crippen molar-refractivity contribution in [1.82, 2.24) is 9.69 Å². The van der Waals surface area contributed by atoms with Gasteiger partial charge in [-0.15, -0.1) is 0 Å². The van der Waals surface area contributed by atoms with E-state index in [0.29, 0.717) is 15.8 Å². The molecule has 0 aliphatic heterocycles. The number of rotatable bonds is 8. The van der Waals surface area contributed by atoms with Gasteiger partial charge in [0.1, 0.15) is 15.6 Å². The molecule has 1 unspecified atom stereocenters. The van der Waals surface area contributed by atoms with Gasteiger partial charge >= 0.3 is 12.0 Å². The van der Waals surface area contributed by atoms with Crippen molar-refractivity contribution in [2.24, 2.45) is 0 Å². The Morgan fingerprint density at radius 2 is 2.00 bits per heavy atom. The molecule has 2 amide bonds. The number of aromatic carboxylic acids is 1. The van der Waals surface area contributed by atoms with E-state index in [1.54, 1.807) is 12.1 Å². The zero-order chi connectivity index (χ0) is 19.1. The second-order valence-electron chi connectivity index (χ2n) is 5.08. The zero-order valence-corrected chi connectivity index (χ0v) is 15.7. The molecule has 0 radical (unpaired) electrons. The standard InChI is InChI=1S/C15H16ClN3O5S2/c16-9-3-1-8(2-4-9)7-25-13-11(14(22)23)12(26-19-13)18-15(24)17-5-10(21)6-20/h1-4,10,20-21H,5-7H2,(H,22,23)(H2,17,18,24). The second kappa shape index (κ2) is 9.74. The number of halogens is 1. The number of carbonyl (C=O) groups is 2. The molecule has 11 heteroatoms. The Kier molecular flexibility index (Phi) is 7.66. The SMILES string of the molecule is O=C(NCC(O)CO)Nc1snc(SCc2ccc(Cl)cc2)c1C(=O)O. The molecule has 1 aromatic carbocycles. The minimum atomic E-state index is -1.21. The summed E-state index contributed by atoms with van der Waals surface area (Å²) in [5.41, 5.74) is 0.862. The number of aliphatic hydroxyl groups is 2. The number of nitrogens with one attached hydrogen (secondary N) is 2. The Morgan fingerprint density at radius 1 is 1.31 bits per heavy atom. The Hall–Kier alpha value is -1.85. The maximum Gasteiger partial charge on any atom is 0.341 e. The maximum absolute atomic E-state index is 11.8. The third-order valence-electron chi connectivity index (χ3n) is 3.10. The van der Waals surface area contributed by atoms with Crippen molar-refractivity contribution in [2.45, 2.75) is 16.9 Å². The molecule has 2 aromatic rings. The average molecular weight is 418 g/mol. The predicted molar refractivity (Wildman–Crippen MR) is 100 cm³/mol. The average Bonchev–Trinajstić information content (AvgIpc) is 3.01. The summed E-state index contributed by atoms with van der Waals surface area (Å²) in [7, 11) is 0. The monoisotopic (exact) mass is 417 g/mol. The summed E-state index contributed by atoms with van der Waals surface area (Å²) in [6, 6.07) is 6.46. The largest absolute Gasteiger partial charge is 0.477 e. The van der Waals surface area contributed by atoms with E-state index in [9.17, 15) is 19.8 Å². The maximum atomic E-state index is 11.8. The topological polar surface area (TPSA) is 132 Å². The normalized spacial score (nSPS) is 11.8. The predicted octanol–water partition coefficient (Wildman–Crippen LogP) is 2.26. The number of carboxylic acids is 1. The van der Waals surface area contributed by atoms with E-state index in [1.807, 2.05) is 12.1 Å². The number of amides is 2. The number of benzene rings is 1. The first kappa shape index (κ1) is 20.5. The third kappa shape index (κ3) is 5.85. The van der Waals surface area contributed by atoms with Crippen molar-refractivity contribution < 1.29 is 24.9 Å². The van der Waals surface area contributed by atoms with Gasteiger partial charge in [0.15, 0.2) is 0 Å². The lowest BCUT2D eigenvalue weighted by molar-refractivity contribution is 0.0694. The molecule has 2 rings (SSSR count). The van der Waals surface area contributed by atoms with Crippen LogP contribution >= 0.6 is 34.9 Å². The highest BCUT2D eigenvalue weighted by molar-refractivity contribution is 7.98. The summed E-state index contributed by atoms with van der Waals surface area (Å²) in [5, 5.41) is 33.1. The van der Waals surface area contributed by atoms with Crippen molar-refractivity contribution in [3.8, 4) is 0 Å². The van der Waals surface area contributed by atoms with Gasteiger partial charge in [-0.2, -0.15) is 4.37 Å². The Labute approximate surface area is 162 Å². The van der Waals surface area contributed by atoms with Crippen LogP contribution in [0.15, 0.2) is 29.3 Å². The number of carbonyl (C=O) groups excluding carboxylic acids is 1. The number of hydrogen-bond donors (Lipinski definition) is 5. The molecule has 26 heavy (non-hydrogen) atoms. The summed E-state index contributed by atoms with van der Waals surface area (Å²) in [6.07, 6.45) is -1.09. The number of hydrogen-bond acceptors (Lipinski definition) is 7. The van der Waals surface area contributed by atoms with Crippen LogP contribution in [0.2, 0.25) is 5.02 Å². The van der Waals surface area contributed by atoms with Gasteiger partial charge in [0.05, 0.1) is 12.7 Å². The summed E-state index contributed by atoms with van der Waals surface area (Å²) >= 11 is 7.92. The third-order valence-corrected chi connectivity index (χ3v) is 5.28. The van der Waals surface area contributed by atoms with Crippen LogP contribution in [0, 0.1) is 0 Å². The molecule has 0 spiro atoms. The van der Waals surface area contributed by atoms with Crippen molar-refractivity contribution >= 4 is 51.9 Å². The van der Waals surface area contributed by atoms with Crippen molar-refractivity contribution in [3.05, 3.63) is 40.4 Å². The van der Waals surface area contributed by atoms with Gasteiger partial charge in [-0.3, -0.25) is 5.32 Å². The van der Waals surface area contributed by atoms with Crippen LogP contribution in [0.25, 0.3) is 0 Å². The summed E-state index contributed by atoms with van der Waals surface area (Å²) in [6.45, 7) is -0.658. The van der Waals surface area contributed by atoms with Crippen molar-refractivity contribution in [1.29, 1.82) is 0 Å². The van der Waals surface area contributed by atoms with Crippen LogP contribution in [-0.2, 0) is 5.75 Å². The van der Waals surface area contributed by atoms with Gasteiger partial charge in [-0.25, -0.2) is 9.59 Å². The molecular formula is C15H16ClN3O5S2. The second-order valence-corrected chi connectivity index (χ2v) is 7.26. The molecular weight excluding hydrogens is 402 g/mol. The first-order valence-electron chi connectivity index (χ1n) is 7.34. The van der Waals surface area contributed by atoms with E-state index < -0.39 is 24.7 Å². The lowest BCUT2D eigenvalue weighted by Crippen LogP contribution is -2.36. The number of urea groups is 1. The molecule has 1 heterocycles. The van der Waals surface area contributed by atoms with E-state index in [1.165, 1.54) is 11.8 Å². The Bertz CT molecular complexity index is 769. The highest BCUT2D eigenvalue weighted by Gasteiger charge is 2.22. The quantitative estimate of drug-likeness (QED) is 0.416. The fourth-order valence-corrected chi connectivity index (χ4v) is 3.82. The van der Waals surface area contributed by atoms with Crippen LogP contribution in [0.5, 0.6) is 0 Å². The fraction of sp³-hybridized carbons (Fsp3) is 0.267. The van der Waals surface area contributed by atoms with E-state index in [4.69, 9.17) is 16.7 Å². The van der Waals surface area contributed by atoms with Gasteiger partial charge in [0.2, 0.25) is 0 Å². The van der Waals surface area contributed by atoms with Gasteiger partial charge in [-0.05, 0) is 29.2 Å². The first-order valence-corrected chi connectivity index (χ1v) is 9.48. The molecule has 0 saturated heterocycles. The van der Waals surface area contributed by atoms with Crippen LogP contribution in [0.1, 0.15) is 15.9 Å². The van der Waals surface area contributed by atoms with E-state index in [2.05, 4.69) is 15.0 Å². The van der Waals surface area contributed by atoms with Gasteiger partial charge in [-0.1, -0.05) is 35.5 Å². The molecule has 0 aliphatic rings. The molecule has 0 saturated carbocycles. The van der Waals surface area contributed by atoms with Crippen molar-refractivity contribution in [3.63, 3.8) is 0 Å². The van der Waals surface area contributed by atoms with E-state index in [0.717, 1.165) is 17.1 Å². The summed E-state index contributed by atoms with van der Waals surface area (Å²) in [4.78, 5) is 23.3. The van der Waals surface area contributed by atoms with Crippen LogP contribution in [-0.4, -0.2) is 50.9 Å². The van der Waals surface area contributed by atoms with Gasteiger partial charge < -0.3 is 20.6 Å². The molecule has 140 valence electrons. The molecule has 0 fully saturated rings. The van der Waals surface area contributed by atoms with E-state index in [-0.39, 0.29) is 17.1 Å². The lowest BCUT2D eigenvalue weighted by atomic mass is 10.2. The smallest absolute Gasteiger partial charge is 0.341 e. The van der Waals surface area contributed by atoms with Crippen LogP contribution < -0.4 is 10.6 Å². The first-order chi connectivity index (χ1) is 12.4. The van der Waals surface area contributed by atoms with Crippen LogP contribution in [0.3, 0.4) is 0 Å². The number of carboxylic acid groups (broad SMARTS) is 1. The Balaban J connectivity index is 2.03. The molecule has 1 atom stereocenters. The number of thioether (sulfide) groups is 1. The minimum absolute atomic E-state index is 0.0899. The number of aliphatic hydroxyl groups excluding tert-OH is 2. The summed E-state index contributed by atoms with van der Waals surface area (Å²) < 4.78 is 4.10. The lowest BCUT2D eigenvalue weighted by Gasteiger charge is -2.09. The van der Waals surface area contributed by atoms with Gasteiger partial charge in [0.25, 0.3) is 0 Å². The number of aromatic nitrogens is 1. The van der Waals surface area contributed by atoms with Gasteiger partial charge in [0, 0.05) is 17.3 Å². The van der Waals surface area contributed by atoms with E-state index >= 15 is 0 Å². The molecule has 1 aromatic heterocycles. The molecule has 0 aliphatic carbocycles. The highest BCUT2D eigenvalue weighted by atomic mass is 35.5. The molecule has 5 N–H and O–H groups in total. The van der Waals surface area contributed by atoms with Crippen molar-refractivity contribution in [2.75, 3.05) is 18.5 Å². The summed E-state index contributed by atoms with van der Waals surface area (Å²) in [5.74, 6) is -0.710. The highest BCUT2D eigenvalue weighted by Crippen LogP contribution is 2.33. The van der Waals surface area contributed by atoms with Crippen LogP contribution in [0.4, 0.5) is 9.80 Å². The number of nitrogens with zero attached hydrogens (tertiary/aromatic N) is 1. The number of anilines is 1. The Morgan fingerprint density at radius 3 is 2.62 bits per heavy atom. The minimum Gasteiger partial charge on any atom is -0.477 e. The fourth-order valence-electron chi connectivity index (χ4n) is 1.80.